The lowest BCUT2D eigenvalue weighted by atomic mass is 10.1. The Morgan fingerprint density at radius 3 is 2.65 bits per heavy atom. The molecule has 1 aromatic carbocycles. The number of aliphatic imine (C=N–C) groups is 1. The van der Waals surface area contributed by atoms with E-state index in [0.29, 0.717) is 6.61 Å². The maximum atomic E-state index is 5.89. The summed E-state index contributed by atoms with van der Waals surface area (Å²) in [5, 5.41) is 7.43. The average Bonchev–Trinajstić information content (AvgIpc) is 3.02. The molecule has 1 fully saturated rings. The van der Waals surface area contributed by atoms with Crippen molar-refractivity contribution in [2.24, 2.45) is 4.99 Å². The van der Waals surface area contributed by atoms with E-state index in [2.05, 4.69) is 59.4 Å². The number of thioether (sulfide) groups is 1. The van der Waals surface area contributed by atoms with Gasteiger partial charge in [0.25, 0.3) is 0 Å². The number of hydrogen-bond acceptors (Lipinski definition) is 3. The van der Waals surface area contributed by atoms with E-state index in [0.717, 1.165) is 30.0 Å². The van der Waals surface area contributed by atoms with E-state index in [1.807, 2.05) is 7.05 Å². The van der Waals surface area contributed by atoms with Gasteiger partial charge in [0.2, 0.25) is 0 Å². The second-order valence-electron chi connectivity index (χ2n) is 5.58. The molecule has 23 heavy (non-hydrogen) atoms. The van der Waals surface area contributed by atoms with E-state index in [9.17, 15) is 0 Å². The summed E-state index contributed by atoms with van der Waals surface area (Å²) in [5.74, 6) is 3.15. The van der Waals surface area contributed by atoms with Gasteiger partial charge in [-0.2, -0.15) is 11.8 Å². The highest BCUT2D eigenvalue weighted by Gasteiger charge is 2.15. The predicted molar refractivity (Wildman–Crippen MR) is 112 cm³/mol. The molecule has 6 heteroatoms. The van der Waals surface area contributed by atoms with Crippen LogP contribution in [0.3, 0.4) is 0 Å². The van der Waals surface area contributed by atoms with E-state index in [1.165, 1.54) is 29.7 Å². The van der Waals surface area contributed by atoms with Crippen molar-refractivity contribution < 1.29 is 4.74 Å². The average molecular weight is 449 g/mol. The maximum absolute atomic E-state index is 5.89. The normalized spacial score (nSPS) is 17.5. The van der Waals surface area contributed by atoms with Crippen LogP contribution < -0.4 is 15.4 Å². The molecule has 0 saturated carbocycles. The topological polar surface area (TPSA) is 45.7 Å². The van der Waals surface area contributed by atoms with Crippen LogP contribution in [0.25, 0.3) is 0 Å². The first kappa shape index (κ1) is 20.4. The number of para-hydroxylation sites is 1. The lowest BCUT2D eigenvalue weighted by Crippen LogP contribution is -2.41. The van der Waals surface area contributed by atoms with Crippen LogP contribution in [0.15, 0.2) is 23.2 Å². The van der Waals surface area contributed by atoms with Gasteiger partial charge in [-0.1, -0.05) is 18.2 Å². The Hall–Kier alpha value is -0.630. The summed E-state index contributed by atoms with van der Waals surface area (Å²) in [7, 11) is 1.81. The van der Waals surface area contributed by atoms with Crippen LogP contribution in [0.2, 0.25) is 0 Å². The minimum absolute atomic E-state index is 0. The number of nitrogens with zero attached hydrogens (tertiary/aromatic N) is 1. The fourth-order valence-electron chi connectivity index (χ4n) is 2.59. The molecule has 2 N–H and O–H groups in total. The number of guanidine groups is 1. The van der Waals surface area contributed by atoms with Crippen LogP contribution >= 0.6 is 35.7 Å². The zero-order chi connectivity index (χ0) is 15.8. The van der Waals surface area contributed by atoms with Crippen molar-refractivity contribution in [1.29, 1.82) is 0 Å². The molecule has 1 saturated heterocycles. The summed E-state index contributed by atoms with van der Waals surface area (Å²) >= 11 is 2.05. The lowest BCUT2D eigenvalue weighted by molar-refractivity contribution is 0.317. The largest absolute Gasteiger partial charge is 0.491 e. The van der Waals surface area contributed by atoms with E-state index in [4.69, 9.17) is 4.74 Å². The van der Waals surface area contributed by atoms with Crippen LogP contribution in [0.4, 0.5) is 0 Å². The molecule has 0 amide bonds. The van der Waals surface area contributed by atoms with Gasteiger partial charge in [-0.15, -0.1) is 24.0 Å². The van der Waals surface area contributed by atoms with Gasteiger partial charge >= 0.3 is 0 Å². The standard InChI is InChI=1S/C17H27N3OS.HI/c1-13-6-4-7-14(2)16(13)21-10-9-19-17(18-3)20-12-15-8-5-11-22-15;/h4,6-7,15H,5,8-12H2,1-3H3,(H2,18,19,20);1H. The van der Waals surface area contributed by atoms with Crippen molar-refractivity contribution in [2.45, 2.75) is 31.9 Å². The number of halogens is 1. The first-order valence-electron chi connectivity index (χ1n) is 7.96. The molecule has 4 nitrogen and oxygen atoms in total. The third kappa shape index (κ3) is 6.79. The van der Waals surface area contributed by atoms with Crippen molar-refractivity contribution in [3.63, 3.8) is 0 Å². The summed E-state index contributed by atoms with van der Waals surface area (Å²) in [6.45, 7) is 6.52. The first-order chi connectivity index (χ1) is 10.7. The molecule has 2 rings (SSSR count). The van der Waals surface area contributed by atoms with Gasteiger partial charge in [0.05, 0.1) is 6.54 Å². The van der Waals surface area contributed by atoms with E-state index in [1.54, 1.807) is 0 Å². The smallest absolute Gasteiger partial charge is 0.191 e. The van der Waals surface area contributed by atoms with Crippen LogP contribution in [-0.4, -0.2) is 43.7 Å². The van der Waals surface area contributed by atoms with E-state index in [-0.39, 0.29) is 24.0 Å². The minimum atomic E-state index is 0. The molecule has 130 valence electrons. The second kappa shape index (κ2) is 11.0. The number of rotatable bonds is 6. The Balaban J connectivity index is 0.00000264. The zero-order valence-corrected chi connectivity index (χ0v) is 17.4. The maximum Gasteiger partial charge on any atom is 0.191 e. The Kier molecular flexibility index (Phi) is 9.78. The highest BCUT2D eigenvalue weighted by atomic mass is 127. The molecule has 0 spiro atoms. The Labute approximate surface area is 161 Å². The Bertz CT molecular complexity index is 484. The fourth-order valence-corrected chi connectivity index (χ4v) is 3.79. The van der Waals surface area contributed by atoms with Crippen molar-refractivity contribution in [1.82, 2.24) is 10.6 Å². The number of hydrogen-bond donors (Lipinski definition) is 2. The van der Waals surface area contributed by atoms with Gasteiger partial charge in [0.1, 0.15) is 12.4 Å². The third-order valence-corrected chi connectivity index (χ3v) is 5.19. The molecule has 0 aliphatic carbocycles. The number of aryl methyl sites for hydroxylation is 2. The van der Waals surface area contributed by atoms with Crippen LogP contribution in [0.5, 0.6) is 5.75 Å². The molecule has 1 heterocycles. The monoisotopic (exact) mass is 449 g/mol. The van der Waals surface area contributed by atoms with Gasteiger partial charge in [-0.05, 0) is 43.6 Å². The third-order valence-electron chi connectivity index (χ3n) is 3.79. The summed E-state index contributed by atoms with van der Waals surface area (Å²) in [5.41, 5.74) is 2.36. The molecular weight excluding hydrogens is 421 g/mol. The summed E-state index contributed by atoms with van der Waals surface area (Å²) in [6, 6.07) is 6.22. The first-order valence-corrected chi connectivity index (χ1v) is 9.00. The van der Waals surface area contributed by atoms with Gasteiger partial charge < -0.3 is 15.4 Å². The van der Waals surface area contributed by atoms with Gasteiger partial charge in [0, 0.05) is 18.8 Å². The summed E-state index contributed by atoms with van der Waals surface area (Å²) < 4.78 is 5.89. The number of ether oxygens (including phenoxy) is 1. The van der Waals surface area contributed by atoms with E-state index < -0.39 is 0 Å². The molecule has 1 aromatic rings. The molecule has 1 aliphatic heterocycles. The molecule has 0 radical (unpaired) electrons. The van der Waals surface area contributed by atoms with Crippen LogP contribution in [0.1, 0.15) is 24.0 Å². The second-order valence-corrected chi connectivity index (χ2v) is 6.99. The molecule has 0 aromatic heterocycles. The van der Waals surface area contributed by atoms with Crippen molar-refractivity contribution in [3.8, 4) is 5.75 Å². The number of benzene rings is 1. The van der Waals surface area contributed by atoms with Crippen LogP contribution in [-0.2, 0) is 0 Å². The SMILES string of the molecule is CN=C(NCCOc1c(C)cccc1C)NCC1CCCS1.I. The molecule has 1 atom stereocenters. The van der Waals surface area contributed by atoms with Crippen LogP contribution in [0, 0.1) is 13.8 Å². The quantitative estimate of drug-likeness (QED) is 0.303. The van der Waals surface area contributed by atoms with Crippen molar-refractivity contribution in [3.05, 3.63) is 29.3 Å². The summed E-state index contributed by atoms with van der Waals surface area (Å²) in [6.07, 6.45) is 2.65. The number of nitrogens with one attached hydrogen (secondary N) is 2. The highest BCUT2D eigenvalue weighted by Crippen LogP contribution is 2.25. The molecule has 0 bridgehead atoms. The Morgan fingerprint density at radius 2 is 2.04 bits per heavy atom. The van der Waals surface area contributed by atoms with Crippen molar-refractivity contribution in [2.75, 3.05) is 32.5 Å². The van der Waals surface area contributed by atoms with E-state index >= 15 is 0 Å². The summed E-state index contributed by atoms with van der Waals surface area (Å²) in [4.78, 5) is 4.26. The molecule has 1 aliphatic rings. The van der Waals surface area contributed by atoms with Crippen molar-refractivity contribution >= 4 is 41.7 Å². The zero-order valence-electron chi connectivity index (χ0n) is 14.2. The molecular formula is C17H28IN3OS. The van der Waals surface area contributed by atoms with Gasteiger partial charge in [-0.3, -0.25) is 4.99 Å². The molecule has 1 unspecified atom stereocenters. The van der Waals surface area contributed by atoms with Gasteiger partial charge in [0.15, 0.2) is 5.96 Å². The minimum Gasteiger partial charge on any atom is -0.491 e. The van der Waals surface area contributed by atoms with Gasteiger partial charge in [-0.25, -0.2) is 0 Å². The fraction of sp³-hybridized carbons (Fsp3) is 0.588. The lowest BCUT2D eigenvalue weighted by Gasteiger charge is -2.16. The highest BCUT2D eigenvalue weighted by molar-refractivity contribution is 14.0. The predicted octanol–water partition coefficient (Wildman–Crippen LogP) is 3.36. The Morgan fingerprint density at radius 1 is 1.30 bits per heavy atom.